The maximum Gasteiger partial charge on any atom is 0.0734 e. The van der Waals surface area contributed by atoms with E-state index in [0.717, 1.165) is 50.9 Å². The van der Waals surface area contributed by atoms with Crippen LogP contribution in [0.25, 0.3) is 0 Å². The van der Waals surface area contributed by atoms with Crippen LogP contribution in [0.3, 0.4) is 0 Å². The Bertz CT molecular complexity index is 376. The lowest BCUT2D eigenvalue weighted by Gasteiger charge is -2.64. The van der Waals surface area contributed by atoms with Crippen LogP contribution < -0.4 is 0 Å². The molecule has 0 bridgehead atoms. The zero-order chi connectivity index (χ0) is 15.1. The van der Waals surface area contributed by atoms with Gasteiger partial charge in [-0.25, -0.2) is 0 Å². The molecule has 0 amide bonds. The minimum atomic E-state index is -0.676. The van der Waals surface area contributed by atoms with Crippen molar-refractivity contribution in [2.75, 3.05) is 0 Å². The maximum atomic E-state index is 11.6. The molecule has 21 heavy (non-hydrogen) atoms. The monoisotopic (exact) mass is 294 g/mol. The van der Waals surface area contributed by atoms with E-state index in [1.165, 1.54) is 32.1 Å². The van der Waals surface area contributed by atoms with Crippen molar-refractivity contribution < 1.29 is 10.2 Å². The lowest BCUT2D eigenvalue weighted by molar-refractivity contribution is -0.257. The van der Waals surface area contributed by atoms with Gasteiger partial charge in [-0.15, -0.1) is 0 Å². The topological polar surface area (TPSA) is 40.5 Å². The SMILES string of the molecule is CCC(O)(CC)C12CCCCC1(O)CC1CCCCC1C2. The van der Waals surface area contributed by atoms with Gasteiger partial charge in [-0.1, -0.05) is 52.4 Å². The minimum Gasteiger partial charge on any atom is -0.389 e. The fraction of sp³-hybridized carbons (Fsp3) is 1.00. The second-order valence-electron chi connectivity index (χ2n) is 8.27. The molecular weight excluding hydrogens is 260 g/mol. The van der Waals surface area contributed by atoms with Crippen molar-refractivity contribution in [3.05, 3.63) is 0 Å². The summed E-state index contributed by atoms with van der Waals surface area (Å²) in [5, 5.41) is 23.1. The summed E-state index contributed by atoms with van der Waals surface area (Å²) in [6, 6.07) is 0. The third kappa shape index (κ3) is 2.20. The molecule has 0 aromatic carbocycles. The highest BCUT2D eigenvalue weighted by molar-refractivity contribution is 5.15. The molecule has 3 aliphatic rings. The molecule has 2 nitrogen and oxygen atoms in total. The summed E-state index contributed by atoms with van der Waals surface area (Å²) in [6.07, 6.45) is 13.2. The van der Waals surface area contributed by atoms with Crippen molar-refractivity contribution in [3.8, 4) is 0 Å². The van der Waals surface area contributed by atoms with E-state index in [0.29, 0.717) is 5.92 Å². The number of rotatable bonds is 3. The molecule has 4 unspecified atom stereocenters. The van der Waals surface area contributed by atoms with E-state index in [-0.39, 0.29) is 5.41 Å². The van der Waals surface area contributed by atoms with Gasteiger partial charge in [0.05, 0.1) is 11.2 Å². The van der Waals surface area contributed by atoms with Gasteiger partial charge in [0.25, 0.3) is 0 Å². The van der Waals surface area contributed by atoms with Crippen LogP contribution in [0.5, 0.6) is 0 Å². The van der Waals surface area contributed by atoms with Gasteiger partial charge >= 0.3 is 0 Å². The average molecular weight is 294 g/mol. The smallest absolute Gasteiger partial charge is 0.0734 e. The maximum absolute atomic E-state index is 11.6. The molecule has 3 rings (SSSR count). The summed E-state index contributed by atoms with van der Waals surface area (Å²) >= 11 is 0. The molecule has 2 heteroatoms. The molecule has 122 valence electrons. The van der Waals surface area contributed by atoms with Crippen LogP contribution in [0, 0.1) is 17.3 Å². The molecule has 0 spiro atoms. The Labute approximate surface area is 130 Å². The molecule has 4 atom stereocenters. The van der Waals surface area contributed by atoms with Gasteiger partial charge in [0, 0.05) is 5.41 Å². The summed E-state index contributed by atoms with van der Waals surface area (Å²) in [5.41, 5.74) is -1.52. The van der Waals surface area contributed by atoms with Crippen LogP contribution in [0.4, 0.5) is 0 Å². The van der Waals surface area contributed by atoms with Gasteiger partial charge in [0.15, 0.2) is 0 Å². The van der Waals surface area contributed by atoms with Crippen LogP contribution in [-0.4, -0.2) is 21.4 Å². The van der Waals surface area contributed by atoms with E-state index < -0.39 is 11.2 Å². The first kappa shape index (κ1) is 15.8. The molecule has 0 heterocycles. The number of hydrogen-bond acceptors (Lipinski definition) is 2. The van der Waals surface area contributed by atoms with Gasteiger partial charge in [-0.3, -0.25) is 0 Å². The third-order valence-electron chi connectivity index (χ3n) is 7.67. The molecule has 0 saturated heterocycles. The molecule has 3 fully saturated rings. The molecule has 3 saturated carbocycles. The lowest BCUT2D eigenvalue weighted by Crippen LogP contribution is -2.67. The van der Waals surface area contributed by atoms with Crippen molar-refractivity contribution >= 4 is 0 Å². The number of fused-ring (bicyclic) bond motifs is 2. The largest absolute Gasteiger partial charge is 0.389 e. The summed E-state index contributed by atoms with van der Waals surface area (Å²) < 4.78 is 0. The zero-order valence-electron chi connectivity index (χ0n) is 14.0. The van der Waals surface area contributed by atoms with E-state index in [4.69, 9.17) is 0 Å². The predicted molar refractivity (Wildman–Crippen MR) is 86.1 cm³/mol. The highest BCUT2D eigenvalue weighted by atomic mass is 16.3. The first-order valence-corrected chi connectivity index (χ1v) is 9.45. The Hall–Kier alpha value is -0.0800. The molecular formula is C19H34O2. The minimum absolute atomic E-state index is 0.236. The molecule has 0 aliphatic heterocycles. The second kappa shape index (κ2) is 5.53. The van der Waals surface area contributed by atoms with Crippen LogP contribution >= 0.6 is 0 Å². The van der Waals surface area contributed by atoms with Crippen LogP contribution in [0.1, 0.15) is 90.9 Å². The number of aliphatic hydroxyl groups is 2. The Morgan fingerprint density at radius 2 is 1.48 bits per heavy atom. The first-order valence-electron chi connectivity index (χ1n) is 9.45. The highest BCUT2D eigenvalue weighted by Crippen LogP contribution is 2.64. The Morgan fingerprint density at radius 1 is 0.905 bits per heavy atom. The zero-order valence-corrected chi connectivity index (χ0v) is 14.0. The van der Waals surface area contributed by atoms with E-state index in [1.54, 1.807) is 0 Å². The van der Waals surface area contributed by atoms with Gasteiger partial charge in [0.2, 0.25) is 0 Å². The van der Waals surface area contributed by atoms with Crippen molar-refractivity contribution in [2.24, 2.45) is 17.3 Å². The Kier molecular flexibility index (Phi) is 4.16. The lowest BCUT2D eigenvalue weighted by atomic mass is 9.44. The fourth-order valence-electron chi connectivity index (χ4n) is 6.39. The van der Waals surface area contributed by atoms with Crippen LogP contribution in [-0.2, 0) is 0 Å². The molecule has 0 aromatic rings. The van der Waals surface area contributed by atoms with E-state index in [1.807, 2.05) is 0 Å². The average Bonchev–Trinajstić information content (AvgIpc) is 2.51. The number of hydrogen-bond donors (Lipinski definition) is 2. The van der Waals surface area contributed by atoms with Crippen LogP contribution in [0.15, 0.2) is 0 Å². The normalized spacial score (nSPS) is 44.0. The van der Waals surface area contributed by atoms with Crippen LogP contribution in [0.2, 0.25) is 0 Å². The Balaban J connectivity index is 2.00. The fourth-order valence-corrected chi connectivity index (χ4v) is 6.39. The van der Waals surface area contributed by atoms with E-state index in [9.17, 15) is 10.2 Å². The quantitative estimate of drug-likeness (QED) is 0.808. The second-order valence-corrected chi connectivity index (χ2v) is 8.27. The van der Waals surface area contributed by atoms with E-state index in [2.05, 4.69) is 13.8 Å². The molecule has 0 radical (unpaired) electrons. The van der Waals surface area contributed by atoms with Crippen molar-refractivity contribution in [1.29, 1.82) is 0 Å². The standard InChI is InChI=1S/C19H34O2/c1-3-18(20,4-2)17-11-7-8-12-19(17,21)14-16-10-6-5-9-15(16)13-17/h15-16,20-21H,3-14H2,1-2H3. The van der Waals surface area contributed by atoms with Crippen molar-refractivity contribution in [2.45, 2.75) is 102 Å². The first-order chi connectivity index (χ1) is 10.0. The molecule has 3 aliphatic carbocycles. The van der Waals surface area contributed by atoms with Crippen molar-refractivity contribution in [3.63, 3.8) is 0 Å². The summed E-state index contributed by atoms with van der Waals surface area (Å²) in [4.78, 5) is 0. The van der Waals surface area contributed by atoms with Gasteiger partial charge in [-0.2, -0.15) is 0 Å². The van der Waals surface area contributed by atoms with Gasteiger partial charge in [0.1, 0.15) is 0 Å². The molecule has 2 N–H and O–H groups in total. The third-order valence-corrected chi connectivity index (χ3v) is 7.67. The summed E-state index contributed by atoms with van der Waals surface area (Å²) in [5.74, 6) is 1.47. The summed E-state index contributed by atoms with van der Waals surface area (Å²) in [7, 11) is 0. The Morgan fingerprint density at radius 3 is 2.10 bits per heavy atom. The van der Waals surface area contributed by atoms with Gasteiger partial charge in [-0.05, 0) is 50.4 Å². The van der Waals surface area contributed by atoms with Crippen molar-refractivity contribution in [1.82, 2.24) is 0 Å². The predicted octanol–water partition coefficient (Wildman–Crippen LogP) is 4.43. The molecule has 0 aromatic heterocycles. The van der Waals surface area contributed by atoms with E-state index >= 15 is 0 Å². The van der Waals surface area contributed by atoms with Gasteiger partial charge < -0.3 is 10.2 Å². The highest BCUT2D eigenvalue weighted by Gasteiger charge is 2.64. The summed E-state index contributed by atoms with van der Waals surface area (Å²) in [6.45, 7) is 4.22.